The highest BCUT2D eigenvalue weighted by Crippen LogP contribution is 2.41. The van der Waals surface area contributed by atoms with Gasteiger partial charge in [-0.15, -0.1) is 0 Å². The minimum absolute atomic E-state index is 0.244. The van der Waals surface area contributed by atoms with Gasteiger partial charge in [-0.05, 0) is 43.7 Å². The van der Waals surface area contributed by atoms with Crippen LogP contribution in [0.4, 0.5) is 0 Å². The minimum atomic E-state index is 0.244. The molecule has 1 fully saturated rings. The summed E-state index contributed by atoms with van der Waals surface area (Å²) in [4.78, 5) is 2.48. The lowest BCUT2D eigenvalue weighted by Crippen LogP contribution is -2.45. The van der Waals surface area contributed by atoms with Gasteiger partial charge in [-0.2, -0.15) is 5.26 Å². The van der Waals surface area contributed by atoms with Crippen molar-refractivity contribution in [3.63, 3.8) is 0 Å². The second kappa shape index (κ2) is 5.87. The third-order valence-electron chi connectivity index (χ3n) is 4.49. The third kappa shape index (κ3) is 3.45. The molecule has 0 saturated heterocycles. The van der Waals surface area contributed by atoms with E-state index in [1.807, 2.05) is 0 Å². The zero-order valence-electron chi connectivity index (χ0n) is 12.2. The van der Waals surface area contributed by atoms with Crippen LogP contribution in [0, 0.1) is 28.6 Å². The molecule has 1 saturated carbocycles. The highest BCUT2D eigenvalue weighted by molar-refractivity contribution is 4.99. The summed E-state index contributed by atoms with van der Waals surface area (Å²) in [5.41, 5.74) is 0.381. The van der Waals surface area contributed by atoms with Crippen molar-refractivity contribution < 1.29 is 0 Å². The maximum absolute atomic E-state index is 9.31. The van der Waals surface area contributed by atoms with Crippen molar-refractivity contribution in [1.29, 1.82) is 5.26 Å². The van der Waals surface area contributed by atoms with Crippen LogP contribution < -0.4 is 0 Å². The Hall–Kier alpha value is -0.550. The molecule has 0 spiro atoms. The molecule has 1 aliphatic carbocycles. The fraction of sp³-hybridized carbons (Fsp3) is 0.933. The van der Waals surface area contributed by atoms with Crippen LogP contribution in [0.1, 0.15) is 53.9 Å². The van der Waals surface area contributed by atoms with Gasteiger partial charge in [-0.1, -0.05) is 34.6 Å². The van der Waals surface area contributed by atoms with Gasteiger partial charge in [0, 0.05) is 6.04 Å². The van der Waals surface area contributed by atoms with E-state index in [1.54, 1.807) is 0 Å². The SMILES string of the molecule is CCN(CC)C1CC(C(C)(C)C)CCC1C#N. The van der Waals surface area contributed by atoms with E-state index >= 15 is 0 Å². The summed E-state index contributed by atoms with van der Waals surface area (Å²) < 4.78 is 0. The molecule has 3 atom stereocenters. The predicted molar refractivity (Wildman–Crippen MR) is 72.6 cm³/mol. The highest BCUT2D eigenvalue weighted by Gasteiger charge is 2.37. The molecule has 17 heavy (non-hydrogen) atoms. The molecule has 0 heterocycles. The van der Waals surface area contributed by atoms with Crippen LogP contribution in [0.25, 0.3) is 0 Å². The van der Waals surface area contributed by atoms with Gasteiger partial charge in [0.15, 0.2) is 0 Å². The second-order valence-corrected chi connectivity index (χ2v) is 6.40. The molecule has 0 N–H and O–H groups in total. The van der Waals surface area contributed by atoms with Crippen molar-refractivity contribution in [3.05, 3.63) is 0 Å². The first-order chi connectivity index (χ1) is 7.93. The van der Waals surface area contributed by atoms with E-state index in [9.17, 15) is 5.26 Å². The van der Waals surface area contributed by atoms with Gasteiger partial charge in [0.25, 0.3) is 0 Å². The van der Waals surface area contributed by atoms with Gasteiger partial charge >= 0.3 is 0 Å². The first-order valence-corrected chi connectivity index (χ1v) is 7.07. The Morgan fingerprint density at radius 1 is 1.18 bits per heavy atom. The lowest BCUT2D eigenvalue weighted by molar-refractivity contribution is 0.0663. The Kier molecular flexibility index (Phi) is 5.01. The maximum Gasteiger partial charge on any atom is 0.0672 e. The van der Waals surface area contributed by atoms with Crippen LogP contribution in [0.15, 0.2) is 0 Å². The van der Waals surface area contributed by atoms with Gasteiger partial charge in [0.05, 0.1) is 12.0 Å². The molecule has 1 rings (SSSR count). The number of hydrogen-bond donors (Lipinski definition) is 0. The molecule has 0 aliphatic heterocycles. The van der Waals surface area contributed by atoms with E-state index in [0.717, 1.165) is 25.4 Å². The highest BCUT2D eigenvalue weighted by atomic mass is 15.1. The number of nitriles is 1. The molecule has 0 radical (unpaired) electrons. The fourth-order valence-electron chi connectivity index (χ4n) is 3.18. The van der Waals surface area contributed by atoms with Gasteiger partial charge in [0.1, 0.15) is 0 Å². The molecular formula is C15H28N2. The first-order valence-electron chi connectivity index (χ1n) is 7.07. The predicted octanol–water partition coefficient (Wildman–Crippen LogP) is 3.68. The first kappa shape index (κ1) is 14.5. The topological polar surface area (TPSA) is 27.0 Å². The molecular weight excluding hydrogens is 208 g/mol. The molecule has 0 aromatic rings. The molecule has 0 amide bonds. The van der Waals surface area contributed by atoms with Crippen LogP contribution in [0.5, 0.6) is 0 Å². The van der Waals surface area contributed by atoms with Gasteiger partial charge in [-0.25, -0.2) is 0 Å². The van der Waals surface area contributed by atoms with Gasteiger partial charge < -0.3 is 0 Å². The van der Waals surface area contributed by atoms with Gasteiger partial charge in [-0.3, -0.25) is 4.90 Å². The number of hydrogen-bond acceptors (Lipinski definition) is 2. The third-order valence-corrected chi connectivity index (χ3v) is 4.49. The Bertz CT molecular complexity index is 268. The van der Waals surface area contributed by atoms with E-state index in [-0.39, 0.29) is 5.92 Å². The summed E-state index contributed by atoms with van der Waals surface area (Å²) in [5.74, 6) is 1.01. The van der Waals surface area contributed by atoms with Crippen LogP contribution in [-0.4, -0.2) is 24.0 Å². The number of nitrogens with zero attached hydrogens (tertiary/aromatic N) is 2. The summed E-state index contributed by atoms with van der Waals surface area (Å²) in [7, 11) is 0. The Labute approximate surface area is 107 Å². The van der Waals surface area contributed by atoms with E-state index in [0.29, 0.717) is 11.5 Å². The van der Waals surface area contributed by atoms with Crippen LogP contribution >= 0.6 is 0 Å². The Balaban J connectivity index is 2.79. The van der Waals surface area contributed by atoms with Crippen molar-refractivity contribution >= 4 is 0 Å². The van der Waals surface area contributed by atoms with E-state index in [2.05, 4.69) is 45.6 Å². The Morgan fingerprint density at radius 3 is 2.18 bits per heavy atom. The van der Waals surface area contributed by atoms with E-state index < -0.39 is 0 Å². The summed E-state index contributed by atoms with van der Waals surface area (Å²) in [6.07, 6.45) is 3.50. The monoisotopic (exact) mass is 236 g/mol. The molecule has 3 unspecified atom stereocenters. The summed E-state index contributed by atoms with van der Waals surface area (Å²) in [6, 6.07) is 3.01. The average Bonchev–Trinajstić information content (AvgIpc) is 2.29. The van der Waals surface area contributed by atoms with Crippen LogP contribution in [0.2, 0.25) is 0 Å². The van der Waals surface area contributed by atoms with Gasteiger partial charge in [0.2, 0.25) is 0 Å². The standard InChI is InChI=1S/C15H28N2/c1-6-17(7-2)14-10-13(15(3,4)5)9-8-12(14)11-16/h12-14H,6-10H2,1-5H3. The number of rotatable bonds is 3. The average molecular weight is 236 g/mol. The summed E-state index contributed by atoms with van der Waals surface area (Å²) >= 11 is 0. The lowest BCUT2D eigenvalue weighted by atomic mass is 9.68. The smallest absolute Gasteiger partial charge is 0.0672 e. The van der Waals surface area contributed by atoms with Crippen molar-refractivity contribution in [2.24, 2.45) is 17.3 Å². The normalized spacial score (nSPS) is 30.3. The maximum atomic E-state index is 9.31. The quantitative estimate of drug-likeness (QED) is 0.747. The van der Waals surface area contributed by atoms with Crippen LogP contribution in [-0.2, 0) is 0 Å². The molecule has 0 aromatic heterocycles. The second-order valence-electron chi connectivity index (χ2n) is 6.40. The minimum Gasteiger partial charge on any atom is -0.300 e. The van der Waals surface area contributed by atoms with E-state index in [4.69, 9.17) is 0 Å². The van der Waals surface area contributed by atoms with Crippen molar-refractivity contribution in [3.8, 4) is 6.07 Å². The fourth-order valence-corrected chi connectivity index (χ4v) is 3.18. The van der Waals surface area contributed by atoms with Crippen molar-refractivity contribution in [2.45, 2.75) is 59.9 Å². The molecule has 98 valence electrons. The zero-order valence-corrected chi connectivity index (χ0v) is 12.2. The zero-order chi connectivity index (χ0) is 13.1. The molecule has 2 nitrogen and oxygen atoms in total. The molecule has 1 aliphatic rings. The lowest BCUT2D eigenvalue weighted by Gasteiger charge is -2.43. The molecule has 2 heteroatoms. The van der Waals surface area contributed by atoms with Crippen molar-refractivity contribution in [1.82, 2.24) is 4.90 Å². The summed E-state index contributed by atoms with van der Waals surface area (Å²) in [5, 5.41) is 9.31. The Morgan fingerprint density at radius 2 is 1.76 bits per heavy atom. The molecule has 0 bridgehead atoms. The summed E-state index contributed by atoms with van der Waals surface area (Å²) in [6.45, 7) is 13.6. The molecule has 0 aromatic carbocycles. The van der Waals surface area contributed by atoms with Crippen LogP contribution in [0.3, 0.4) is 0 Å². The largest absolute Gasteiger partial charge is 0.300 e. The van der Waals surface area contributed by atoms with E-state index in [1.165, 1.54) is 12.8 Å². The van der Waals surface area contributed by atoms with Crippen molar-refractivity contribution in [2.75, 3.05) is 13.1 Å².